The van der Waals surface area contributed by atoms with Crippen LogP contribution >= 0.6 is 0 Å². The second-order valence-electron chi connectivity index (χ2n) is 5.19. The molecule has 4 atom stereocenters. The topological polar surface area (TPSA) is 139 Å². The van der Waals surface area contributed by atoms with E-state index in [9.17, 15) is 24.5 Å². The third kappa shape index (κ3) is 3.82. The monoisotopic (exact) mass is 327 g/mol. The number of imidazole rings is 1. The molecule has 0 radical (unpaired) electrons. The standard InChI is InChI=1S/C14H18FN3O5/c1-6(20)16-11(13(23)12(22)10(21)5-19)14-17-8-3-2-7(15)4-9(8)18-14/h2-4,10-13,19,21-23H,5H2,1H3,(H,16,20)(H,17,18)/t10?,11-,12+,13?/m0/s1. The molecule has 0 saturated carbocycles. The summed E-state index contributed by atoms with van der Waals surface area (Å²) in [6.45, 7) is 0.438. The molecule has 0 saturated heterocycles. The lowest BCUT2D eigenvalue weighted by Gasteiger charge is -2.28. The van der Waals surface area contributed by atoms with Crippen LogP contribution < -0.4 is 5.32 Å². The van der Waals surface area contributed by atoms with Crippen molar-refractivity contribution in [1.82, 2.24) is 15.3 Å². The average molecular weight is 327 g/mol. The Labute approximate surface area is 130 Å². The van der Waals surface area contributed by atoms with Gasteiger partial charge in [0.2, 0.25) is 5.91 Å². The third-order valence-corrected chi connectivity index (χ3v) is 3.39. The van der Waals surface area contributed by atoms with Gasteiger partial charge >= 0.3 is 0 Å². The van der Waals surface area contributed by atoms with Gasteiger partial charge < -0.3 is 30.7 Å². The van der Waals surface area contributed by atoms with Crippen molar-refractivity contribution >= 4 is 16.9 Å². The summed E-state index contributed by atoms with van der Waals surface area (Å²) >= 11 is 0. The minimum absolute atomic E-state index is 0.0810. The lowest BCUT2D eigenvalue weighted by atomic mass is 10.0. The van der Waals surface area contributed by atoms with Gasteiger partial charge in [-0.15, -0.1) is 0 Å². The number of aromatic nitrogens is 2. The van der Waals surface area contributed by atoms with Crippen molar-refractivity contribution in [3.05, 3.63) is 29.8 Å². The van der Waals surface area contributed by atoms with E-state index in [1.54, 1.807) is 0 Å². The van der Waals surface area contributed by atoms with Crippen molar-refractivity contribution in [3.8, 4) is 0 Å². The molecule has 0 spiro atoms. The summed E-state index contributed by atoms with van der Waals surface area (Å²) in [7, 11) is 0. The van der Waals surface area contributed by atoms with Crippen molar-refractivity contribution in [1.29, 1.82) is 0 Å². The number of halogens is 1. The van der Waals surface area contributed by atoms with Crippen LogP contribution in [0, 0.1) is 5.82 Å². The number of nitrogens with zero attached hydrogens (tertiary/aromatic N) is 1. The van der Waals surface area contributed by atoms with Crippen LogP contribution in [0.5, 0.6) is 0 Å². The van der Waals surface area contributed by atoms with Crippen LogP contribution in [0.2, 0.25) is 0 Å². The molecule has 2 unspecified atom stereocenters. The molecule has 1 aromatic heterocycles. The summed E-state index contributed by atoms with van der Waals surface area (Å²) < 4.78 is 13.2. The summed E-state index contributed by atoms with van der Waals surface area (Å²) in [5, 5.41) is 40.7. The number of aliphatic hydroxyl groups excluding tert-OH is 4. The van der Waals surface area contributed by atoms with E-state index < -0.39 is 42.7 Å². The highest BCUT2D eigenvalue weighted by molar-refractivity contribution is 5.76. The molecule has 9 heteroatoms. The van der Waals surface area contributed by atoms with Crippen LogP contribution in [0.1, 0.15) is 18.8 Å². The smallest absolute Gasteiger partial charge is 0.217 e. The van der Waals surface area contributed by atoms with Crippen LogP contribution in [-0.4, -0.2) is 61.2 Å². The molecule has 0 aliphatic heterocycles. The average Bonchev–Trinajstić information content (AvgIpc) is 2.92. The zero-order chi connectivity index (χ0) is 17.1. The van der Waals surface area contributed by atoms with Crippen molar-refractivity contribution in [2.24, 2.45) is 0 Å². The number of carbonyl (C=O) groups is 1. The van der Waals surface area contributed by atoms with E-state index in [0.717, 1.165) is 0 Å². The molecule has 1 amide bonds. The van der Waals surface area contributed by atoms with Gasteiger partial charge in [-0.3, -0.25) is 4.79 Å². The maximum atomic E-state index is 13.2. The first-order valence-corrected chi connectivity index (χ1v) is 6.90. The number of aromatic amines is 1. The first-order chi connectivity index (χ1) is 10.8. The number of benzene rings is 1. The molecule has 1 aromatic carbocycles. The minimum Gasteiger partial charge on any atom is -0.394 e. The Balaban J connectivity index is 2.37. The zero-order valence-corrected chi connectivity index (χ0v) is 12.3. The summed E-state index contributed by atoms with van der Waals surface area (Å²) in [5.74, 6) is -0.913. The normalized spacial score (nSPS) is 16.8. The molecule has 126 valence electrons. The predicted molar refractivity (Wildman–Crippen MR) is 77.7 cm³/mol. The SMILES string of the molecule is CC(=O)N[C@H](c1nc2ccc(F)cc2[nH]1)C(O)[C@H](O)C(O)CO. The first kappa shape index (κ1) is 17.3. The number of carbonyl (C=O) groups excluding carboxylic acids is 1. The lowest BCUT2D eigenvalue weighted by molar-refractivity contribution is -0.123. The number of rotatable bonds is 6. The maximum Gasteiger partial charge on any atom is 0.217 e. The Morgan fingerprint density at radius 2 is 2.04 bits per heavy atom. The number of H-pyrrole nitrogens is 1. The van der Waals surface area contributed by atoms with Gasteiger partial charge in [-0.05, 0) is 18.2 Å². The van der Waals surface area contributed by atoms with E-state index in [4.69, 9.17) is 5.11 Å². The highest BCUT2D eigenvalue weighted by Gasteiger charge is 2.34. The first-order valence-electron chi connectivity index (χ1n) is 6.90. The van der Waals surface area contributed by atoms with E-state index in [1.807, 2.05) is 0 Å². The van der Waals surface area contributed by atoms with Crippen LogP contribution in [0.25, 0.3) is 11.0 Å². The van der Waals surface area contributed by atoms with Gasteiger partial charge in [0, 0.05) is 6.92 Å². The fraction of sp³-hybridized carbons (Fsp3) is 0.429. The quantitative estimate of drug-likeness (QED) is 0.400. The molecule has 6 N–H and O–H groups in total. The molecule has 8 nitrogen and oxygen atoms in total. The number of nitrogens with one attached hydrogen (secondary N) is 2. The second kappa shape index (κ2) is 7.01. The molecular weight excluding hydrogens is 309 g/mol. The summed E-state index contributed by atoms with van der Waals surface area (Å²) in [5.41, 5.74) is 0.751. The highest BCUT2D eigenvalue weighted by atomic mass is 19.1. The van der Waals surface area contributed by atoms with E-state index in [2.05, 4.69) is 15.3 Å². The molecule has 2 rings (SSSR count). The Morgan fingerprint density at radius 1 is 1.35 bits per heavy atom. The summed E-state index contributed by atoms with van der Waals surface area (Å²) in [4.78, 5) is 18.2. The van der Waals surface area contributed by atoms with Crippen molar-refractivity contribution in [3.63, 3.8) is 0 Å². The van der Waals surface area contributed by atoms with E-state index in [-0.39, 0.29) is 5.82 Å². The van der Waals surface area contributed by atoms with Gasteiger partial charge in [0.05, 0.1) is 17.6 Å². The molecule has 2 aromatic rings. The van der Waals surface area contributed by atoms with Gasteiger partial charge in [-0.25, -0.2) is 9.37 Å². The van der Waals surface area contributed by atoms with Crippen molar-refractivity contribution < 1.29 is 29.6 Å². The molecule has 0 fully saturated rings. The Morgan fingerprint density at radius 3 is 2.65 bits per heavy atom. The molecule has 0 bridgehead atoms. The zero-order valence-electron chi connectivity index (χ0n) is 12.3. The minimum atomic E-state index is -1.72. The van der Waals surface area contributed by atoms with E-state index in [0.29, 0.717) is 11.0 Å². The number of fused-ring (bicyclic) bond motifs is 1. The Bertz CT molecular complexity index is 692. The highest BCUT2D eigenvalue weighted by Crippen LogP contribution is 2.22. The lowest BCUT2D eigenvalue weighted by Crippen LogP contribution is -2.47. The van der Waals surface area contributed by atoms with Gasteiger partial charge in [-0.1, -0.05) is 0 Å². The molecule has 0 aliphatic rings. The fourth-order valence-electron chi connectivity index (χ4n) is 2.22. The molecule has 0 aliphatic carbocycles. The molecule has 23 heavy (non-hydrogen) atoms. The Hall–Kier alpha value is -2.07. The number of amides is 1. The Kier molecular flexibility index (Phi) is 5.26. The summed E-state index contributed by atoms with van der Waals surface area (Å²) in [6.07, 6.45) is -4.96. The van der Waals surface area contributed by atoms with Crippen LogP contribution in [0.15, 0.2) is 18.2 Å². The fourth-order valence-corrected chi connectivity index (χ4v) is 2.22. The molecule has 1 heterocycles. The van der Waals surface area contributed by atoms with Gasteiger partial charge in [0.1, 0.15) is 36.0 Å². The number of aliphatic hydroxyl groups is 4. The number of hydrogen-bond donors (Lipinski definition) is 6. The summed E-state index contributed by atoms with van der Waals surface area (Å²) in [6, 6.07) is 2.64. The van der Waals surface area contributed by atoms with Gasteiger partial charge in [0.25, 0.3) is 0 Å². The number of hydrogen-bond acceptors (Lipinski definition) is 6. The maximum absolute atomic E-state index is 13.2. The van der Waals surface area contributed by atoms with Crippen LogP contribution in [0.4, 0.5) is 4.39 Å². The predicted octanol–water partition coefficient (Wildman–Crippen LogP) is -1.05. The van der Waals surface area contributed by atoms with E-state index in [1.165, 1.54) is 25.1 Å². The van der Waals surface area contributed by atoms with Gasteiger partial charge in [0.15, 0.2) is 0 Å². The van der Waals surface area contributed by atoms with Crippen molar-refractivity contribution in [2.75, 3.05) is 6.61 Å². The van der Waals surface area contributed by atoms with E-state index >= 15 is 0 Å². The van der Waals surface area contributed by atoms with Crippen LogP contribution in [-0.2, 0) is 4.79 Å². The van der Waals surface area contributed by atoms with Gasteiger partial charge in [-0.2, -0.15) is 0 Å². The third-order valence-electron chi connectivity index (χ3n) is 3.39. The van der Waals surface area contributed by atoms with Crippen molar-refractivity contribution in [2.45, 2.75) is 31.3 Å². The largest absolute Gasteiger partial charge is 0.394 e. The van der Waals surface area contributed by atoms with Crippen LogP contribution in [0.3, 0.4) is 0 Å². The second-order valence-corrected chi connectivity index (χ2v) is 5.19. The molecular formula is C14H18FN3O5.